The van der Waals surface area contributed by atoms with Crippen molar-refractivity contribution in [3.63, 3.8) is 0 Å². The molecule has 92 valence electrons. The van der Waals surface area contributed by atoms with E-state index in [-0.39, 0.29) is 18.4 Å². The highest BCUT2D eigenvalue weighted by Gasteiger charge is 2.11. The molecule has 16 heavy (non-hydrogen) atoms. The Labute approximate surface area is 109 Å². The minimum absolute atomic E-state index is 0. The maximum absolute atomic E-state index is 6.13. The third-order valence-corrected chi connectivity index (χ3v) is 2.94. The predicted octanol–water partition coefficient (Wildman–Crippen LogP) is 3.20. The molecule has 1 aromatic carbocycles. The molecule has 0 spiro atoms. The standard InChI is InChI=1S/C12H19ClN2.ClH/c1-9-5-4-6-10(13)12(9)11(15)7-2-3-8-14;/h4-6,11H,2-3,7-8,14-15H2,1H3;1H/t11-;/m1./s1. The maximum Gasteiger partial charge on any atom is 0.0456 e. The van der Waals surface area contributed by atoms with Gasteiger partial charge in [-0.05, 0) is 43.5 Å². The number of halogens is 2. The van der Waals surface area contributed by atoms with Crippen molar-refractivity contribution in [3.05, 3.63) is 34.3 Å². The van der Waals surface area contributed by atoms with E-state index in [1.165, 1.54) is 5.56 Å². The minimum Gasteiger partial charge on any atom is -0.330 e. The summed E-state index contributed by atoms with van der Waals surface area (Å²) in [7, 11) is 0. The van der Waals surface area contributed by atoms with Crippen LogP contribution < -0.4 is 11.5 Å². The Morgan fingerprint density at radius 2 is 2.00 bits per heavy atom. The van der Waals surface area contributed by atoms with E-state index in [1.807, 2.05) is 25.1 Å². The summed E-state index contributed by atoms with van der Waals surface area (Å²) in [6.07, 6.45) is 3.03. The summed E-state index contributed by atoms with van der Waals surface area (Å²) in [4.78, 5) is 0. The Bertz CT molecular complexity index is 296. The molecule has 0 aromatic heterocycles. The van der Waals surface area contributed by atoms with E-state index in [1.54, 1.807) is 0 Å². The van der Waals surface area contributed by atoms with E-state index in [2.05, 4.69) is 0 Å². The molecule has 2 nitrogen and oxygen atoms in total. The van der Waals surface area contributed by atoms with Gasteiger partial charge in [0.25, 0.3) is 0 Å². The second-order valence-corrected chi connectivity index (χ2v) is 4.27. The summed E-state index contributed by atoms with van der Waals surface area (Å²) in [5.74, 6) is 0. The second-order valence-electron chi connectivity index (χ2n) is 3.86. The Morgan fingerprint density at radius 1 is 1.31 bits per heavy atom. The van der Waals surface area contributed by atoms with E-state index in [4.69, 9.17) is 23.1 Å². The number of aryl methyl sites for hydroxylation is 1. The van der Waals surface area contributed by atoms with Crippen LogP contribution in [0.2, 0.25) is 5.02 Å². The van der Waals surface area contributed by atoms with E-state index in [0.29, 0.717) is 0 Å². The number of hydrogen-bond donors (Lipinski definition) is 2. The summed E-state index contributed by atoms with van der Waals surface area (Å²) in [5, 5.41) is 0.773. The lowest BCUT2D eigenvalue weighted by molar-refractivity contribution is 0.589. The molecular formula is C12H20Cl2N2. The summed E-state index contributed by atoms with van der Waals surface area (Å²) in [5.41, 5.74) is 13.8. The van der Waals surface area contributed by atoms with Crippen LogP contribution in [0.15, 0.2) is 18.2 Å². The van der Waals surface area contributed by atoms with Gasteiger partial charge in [0, 0.05) is 11.1 Å². The van der Waals surface area contributed by atoms with Gasteiger partial charge in [0.15, 0.2) is 0 Å². The van der Waals surface area contributed by atoms with Crippen molar-refractivity contribution in [2.24, 2.45) is 11.5 Å². The minimum atomic E-state index is 0. The molecular weight excluding hydrogens is 243 g/mol. The molecule has 0 aliphatic carbocycles. The number of rotatable bonds is 5. The first kappa shape index (κ1) is 15.7. The summed E-state index contributed by atoms with van der Waals surface area (Å²) >= 11 is 6.13. The zero-order chi connectivity index (χ0) is 11.3. The first-order valence-corrected chi connectivity index (χ1v) is 5.75. The van der Waals surface area contributed by atoms with Crippen LogP contribution >= 0.6 is 24.0 Å². The average Bonchev–Trinajstić information content (AvgIpc) is 2.18. The van der Waals surface area contributed by atoms with Crippen molar-refractivity contribution in [1.82, 2.24) is 0 Å². The van der Waals surface area contributed by atoms with E-state index >= 15 is 0 Å². The molecule has 0 saturated carbocycles. The highest BCUT2D eigenvalue weighted by Crippen LogP contribution is 2.27. The lowest BCUT2D eigenvalue weighted by Crippen LogP contribution is -2.13. The molecule has 4 heteroatoms. The fourth-order valence-electron chi connectivity index (χ4n) is 1.77. The maximum atomic E-state index is 6.13. The molecule has 0 fully saturated rings. The zero-order valence-corrected chi connectivity index (χ0v) is 11.2. The molecule has 0 aliphatic heterocycles. The largest absolute Gasteiger partial charge is 0.330 e. The van der Waals surface area contributed by atoms with Crippen molar-refractivity contribution in [1.29, 1.82) is 0 Å². The first-order chi connectivity index (χ1) is 7.16. The van der Waals surface area contributed by atoms with Crippen LogP contribution in [0.1, 0.15) is 36.4 Å². The van der Waals surface area contributed by atoms with Crippen LogP contribution in [-0.4, -0.2) is 6.54 Å². The van der Waals surface area contributed by atoms with Gasteiger partial charge in [-0.3, -0.25) is 0 Å². The van der Waals surface area contributed by atoms with Gasteiger partial charge in [-0.25, -0.2) is 0 Å². The van der Waals surface area contributed by atoms with Crippen molar-refractivity contribution < 1.29 is 0 Å². The van der Waals surface area contributed by atoms with Crippen LogP contribution in [0, 0.1) is 6.92 Å². The molecule has 0 aliphatic rings. The molecule has 0 bridgehead atoms. The fraction of sp³-hybridized carbons (Fsp3) is 0.500. The second kappa shape index (κ2) is 7.91. The topological polar surface area (TPSA) is 52.0 Å². The van der Waals surface area contributed by atoms with Gasteiger partial charge in [-0.15, -0.1) is 12.4 Å². The van der Waals surface area contributed by atoms with Gasteiger partial charge in [0.1, 0.15) is 0 Å². The Balaban J connectivity index is 0.00000225. The van der Waals surface area contributed by atoms with Crippen LogP contribution in [0.3, 0.4) is 0 Å². The lowest BCUT2D eigenvalue weighted by Gasteiger charge is -2.16. The highest BCUT2D eigenvalue weighted by atomic mass is 35.5. The first-order valence-electron chi connectivity index (χ1n) is 5.37. The van der Waals surface area contributed by atoms with E-state index in [9.17, 15) is 0 Å². The summed E-state index contributed by atoms with van der Waals surface area (Å²) in [6, 6.07) is 5.93. The average molecular weight is 263 g/mol. The van der Waals surface area contributed by atoms with Gasteiger partial charge >= 0.3 is 0 Å². The number of benzene rings is 1. The Hall–Kier alpha value is -0.280. The Morgan fingerprint density at radius 3 is 2.56 bits per heavy atom. The van der Waals surface area contributed by atoms with Crippen molar-refractivity contribution in [2.75, 3.05) is 6.54 Å². The molecule has 1 rings (SSSR count). The number of nitrogens with two attached hydrogens (primary N) is 2. The molecule has 1 atom stereocenters. The molecule has 0 saturated heterocycles. The lowest BCUT2D eigenvalue weighted by atomic mass is 9.97. The summed E-state index contributed by atoms with van der Waals surface area (Å²) in [6.45, 7) is 2.78. The zero-order valence-electron chi connectivity index (χ0n) is 9.58. The summed E-state index contributed by atoms with van der Waals surface area (Å²) < 4.78 is 0. The van der Waals surface area contributed by atoms with Crippen LogP contribution in [0.5, 0.6) is 0 Å². The van der Waals surface area contributed by atoms with Crippen molar-refractivity contribution in [2.45, 2.75) is 32.2 Å². The normalized spacial score (nSPS) is 12.0. The van der Waals surface area contributed by atoms with Gasteiger partial charge in [-0.1, -0.05) is 30.2 Å². The van der Waals surface area contributed by atoms with Crippen LogP contribution in [-0.2, 0) is 0 Å². The van der Waals surface area contributed by atoms with Gasteiger partial charge in [0.2, 0.25) is 0 Å². The van der Waals surface area contributed by atoms with E-state index < -0.39 is 0 Å². The van der Waals surface area contributed by atoms with Crippen molar-refractivity contribution in [3.8, 4) is 0 Å². The molecule has 1 aromatic rings. The van der Waals surface area contributed by atoms with Gasteiger partial charge in [-0.2, -0.15) is 0 Å². The van der Waals surface area contributed by atoms with Gasteiger partial charge in [0.05, 0.1) is 0 Å². The third-order valence-electron chi connectivity index (χ3n) is 2.61. The van der Waals surface area contributed by atoms with Crippen LogP contribution in [0.25, 0.3) is 0 Å². The quantitative estimate of drug-likeness (QED) is 0.801. The van der Waals surface area contributed by atoms with Gasteiger partial charge < -0.3 is 11.5 Å². The SMILES string of the molecule is Cc1cccc(Cl)c1[C@H](N)CCCCN.Cl. The molecule has 0 radical (unpaired) electrons. The number of hydrogen-bond acceptors (Lipinski definition) is 2. The van der Waals surface area contributed by atoms with E-state index in [0.717, 1.165) is 36.4 Å². The molecule has 0 heterocycles. The molecule has 0 unspecified atom stereocenters. The monoisotopic (exact) mass is 262 g/mol. The predicted molar refractivity (Wildman–Crippen MR) is 73.3 cm³/mol. The van der Waals surface area contributed by atoms with Crippen molar-refractivity contribution >= 4 is 24.0 Å². The molecule has 0 amide bonds. The van der Waals surface area contributed by atoms with Crippen LogP contribution in [0.4, 0.5) is 0 Å². The molecule has 4 N–H and O–H groups in total. The smallest absolute Gasteiger partial charge is 0.0456 e. The fourth-order valence-corrected chi connectivity index (χ4v) is 2.13. The Kier molecular flexibility index (Phi) is 7.77. The highest BCUT2D eigenvalue weighted by molar-refractivity contribution is 6.31. The number of unbranched alkanes of at least 4 members (excludes halogenated alkanes) is 1. The third kappa shape index (κ3) is 4.30.